The summed E-state index contributed by atoms with van der Waals surface area (Å²) in [5.41, 5.74) is 3.06. The third-order valence-corrected chi connectivity index (χ3v) is 4.65. The number of nitrogens with one attached hydrogen (secondary N) is 1. The summed E-state index contributed by atoms with van der Waals surface area (Å²) in [6.45, 7) is 7.94. The molecule has 1 atom stereocenters. The van der Waals surface area contributed by atoms with Crippen LogP contribution in [0.25, 0.3) is 0 Å². The molecule has 0 radical (unpaired) electrons. The molecular weight excluding hydrogens is 354 g/mol. The number of rotatable bonds is 7. The van der Waals surface area contributed by atoms with Crippen molar-refractivity contribution in [3.8, 4) is 0 Å². The third kappa shape index (κ3) is 3.71. The number of aromatic nitrogens is 2. The van der Waals surface area contributed by atoms with Gasteiger partial charge < -0.3 is 9.73 Å². The molecule has 1 unspecified atom stereocenters. The Kier molecular flexibility index (Phi) is 5.90. The minimum Gasteiger partial charge on any atom is -0.457 e. The molecule has 0 aromatic carbocycles. The molecule has 2 aromatic heterocycles. The van der Waals surface area contributed by atoms with Gasteiger partial charge in [0.25, 0.3) is 0 Å². The van der Waals surface area contributed by atoms with Crippen LogP contribution in [0.5, 0.6) is 0 Å². The minimum absolute atomic E-state index is 0.150. The third-order valence-electron chi connectivity index (χ3n) is 3.51. The van der Waals surface area contributed by atoms with Gasteiger partial charge in [0.15, 0.2) is 4.67 Å². The van der Waals surface area contributed by atoms with Gasteiger partial charge in [0, 0.05) is 24.6 Å². The second-order valence-electron chi connectivity index (χ2n) is 5.02. The maximum atomic E-state index is 6.43. The van der Waals surface area contributed by atoms with E-state index in [-0.39, 0.29) is 6.04 Å². The van der Waals surface area contributed by atoms with Crippen molar-refractivity contribution in [1.29, 1.82) is 0 Å². The first-order valence-electron chi connectivity index (χ1n) is 7.26. The van der Waals surface area contributed by atoms with Gasteiger partial charge in [-0.2, -0.15) is 5.10 Å². The Hall–Kier alpha value is -0.780. The summed E-state index contributed by atoms with van der Waals surface area (Å²) in [6.07, 6.45) is 3.56. The number of furan rings is 1. The standard InChI is InChI=1S/C15H21BrClN3O/c1-4-7-18-12(11-6-8-21-15(11)16)9-13-14(17)10(3)19-20(13)5-2/h6,8,12,18H,4-5,7,9H2,1-3H3. The fourth-order valence-corrected chi connectivity index (χ4v) is 3.15. The van der Waals surface area contributed by atoms with Crippen LogP contribution in [0, 0.1) is 6.92 Å². The zero-order valence-corrected chi connectivity index (χ0v) is 15.0. The molecule has 0 fully saturated rings. The summed E-state index contributed by atoms with van der Waals surface area (Å²) in [4.78, 5) is 0. The molecule has 0 bridgehead atoms. The van der Waals surface area contributed by atoms with Crippen LogP contribution >= 0.6 is 27.5 Å². The van der Waals surface area contributed by atoms with Crippen molar-refractivity contribution in [2.75, 3.05) is 6.54 Å². The molecule has 0 aliphatic heterocycles. The second kappa shape index (κ2) is 7.47. The second-order valence-corrected chi connectivity index (χ2v) is 6.12. The van der Waals surface area contributed by atoms with Crippen molar-refractivity contribution in [3.05, 3.63) is 39.0 Å². The Morgan fingerprint density at radius 2 is 2.24 bits per heavy atom. The van der Waals surface area contributed by atoms with Crippen LogP contribution in [-0.2, 0) is 13.0 Å². The van der Waals surface area contributed by atoms with E-state index in [2.05, 4.69) is 40.2 Å². The van der Waals surface area contributed by atoms with E-state index in [1.165, 1.54) is 0 Å². The Morgan fingerprint density at radius 1 is 1.48 bits per heavy atom. The lowest BCUT2D eigenvalue weighted by atomic mass is 10.0. The van der Waals surface area contributed by atoms with Crippen molar-refractivity contribution < 1.29 is 4.42 Å². The van der Waals surface area contributed by atoms with Gasteiger partial charge in [0.05, 0.1) is 22.7 Å². The molecule has 0 saturated carbocycles. The van der Waals surface area contributed by atoms with Crippen LogP contribution in [0.4, 0.5) is 0 Å². The smallest absolute Gasteiger partial charge is 0.173 e. The maximum Gasteiger partial charge on any atom is 0.173 e. The zero-order chi connectivity index (χ0) is 15.4. The molecule has 2 aromatic rings. The Morgan fingerprint density at radius 3 is 2.81 bits per heavy atom. The SMILES string of the molecule is CCCNC(Cc1c(Cl)c(C)nn1CC)c1ccoc1Br. The normalized spacial score (nSPS) is 12.8. The lowest BCUT2D eigenvalue weighted by Gasteiger charge is -2.18. The number of nitrogens with zero attached hydrogens (tertiary/aromatic N) is 2. The number of halogens is 2. The predicted octanol–water partition coefficient (Wildman–Crippen LogP) is 4.50. The number of aryl methyl sites for hydroxylation is 2. The molecule has 4 nitrogen and oxygen atoms in total. The van der Waals surface area contributed by atoms with Gasteiger partial charge in [-0.25, -0.2) is 0 Å². The van der Waals surface area contributed by atoms with E-state index in [0.717, 1.165) is 52.6 Å². The summed E-state index contributed by atoms with van der Waals surface area (Å²) >= 11 is 9.90. The fraction of sp³-hybridized carbons (Fsp3) is 0.533. The van der Waals surface area contributed by atoms with E-state index in [4.69, 9.17) is 16.0 Å². The van der Waals surface area contributed by atoms with Crippen LogP contribution < -0.4 is 5.32 Å². The number of hydrogen-bond donors (Lipinski definition) is 1. The van der Waals surface area contributed by atoms with Crippen LogP contribution in [0.2, 0.25) is 5.02 Å². The van der Waals surface area contributed by atoms with Gasteiger partial charge in [-0.05, 0) is 48.8 Å². The van der Waals surface area contributed by atoms with Gasteiger partial charge in [0.1, 0.15) is 0 Å². The van der Waals surface area contributed by atoms with Gasteiger partial charge in [-0.1, -0.05) is 18.5 Å². The van der Waals surface area contributed by atoms with Crippen LogP contribution in [0.3, 0.4) is 0 Å². The predicted molar refractivity (Wildman–Crippen MR) is 88.8 cm³/mol. The van der Waals surface area contributed by atoms with Crippen LogP contribution in [0.15, 0.2) is 21.4 Å². The molecule has 2 heterocycles. The number of hydrogen-bond acceptors (Lipinski definition) is 3. The highest BCUT2D eigenvalue weighted by atomic mass is 79.9. The maximum absolute atomic E-state index is 6.43. The Balaban J connectivity index is 2.29. The van der Waals surface area contributed by atoms with Crippen molar-refractivity contribution >= 4 is 27.5 Å². The summed E-state index contributed by atoms with van der Waals surface area (Å²) in [5.74, 6) is 0. The summed E-state index contributed by atoms with van der Waals surface area (Å²) in [7, 11) is 0. The molecule has 2 rings (SSSR count). The largest absolute Gasteiger partial charge is 0.457 e. The first kappa shape index (κ1) is 16.6. The Bertz CT molecular complexity index is 594. The van der Waals surface area contributed by atoms with Gasteiger partial charge in [-0.15, -0.1) is 0 Å². The van der Waals surface area contributed by atoms with Crippen molar-refractivity contribution in [1.82, 2.24) is 15.1 Å². The fourth-order valence-electron chi connectivity index (χ4n) is 2.42. The van der Waals surface area contributed by atoms with E-state index in [0.29, 0.717) is 0 Å². The molecular formula is C15H21BrClN3O. The van der Waals surface area contributed by atoms with E-state index >= 15 is 0 Å². The molecule has 21 heavy (non-hydrogen) atoms. The first-order chi connectivity index (χ1) is 10.1. The van der Waals surface area contributed by atoms with Crippen LogP contribution in [-0.4, -0.2) is 16.3 Å². The average Bonchev–Trinajstić information content (AvgIpc) is 3.01. The van der Waals surface area contributed by atoms with Gasteiger partial charge in [0.2, 0.25) is 0 Å². The summed E-state index contributed by atoms with van der Waals surface area (Å²) in [6, 6.07) is 2.14. The highest BCUT2D eigenvalue weighted by Gasteiger charge is 2.21. The van der Waals surface area contributed by atoms with Crippen molar-refractivity contribution in [2.24, 2.45) is 0 Å². The lowest BCUT2D eigenvalue weighted by molar-refractivity contribution is 0.483. The van der Waals surface area contributed by atoms with Crippen molar-refractivity contribution in [2.45, 2.75) is 46.2 Å². The molecule has 0 amide bonds. The molecule has 1 N–H and O–H groups in total. The van der Waals surface area contributed by atoms with E-state index in [1.807, 2.05) is 17.7 Å². The van der Waals surface area contributed by atoms with Gasteiger partial charge >= 0.3 is 0 Å². The lowest BCUT2D eigenvalue weighted by Crippen LogP contribution is -2.25. The van der Waals surface area contributed by atoms with Crippen molar-refractivity contribution in [3.63, 3.8) is 0 Å². The molecule has 116 valence electrons. The highest BCUT2D eigenvalue weighted by molar-refractivity contribution is 9.10. The molecule has 0 aliphatic carbocycles. The quantitative estimate of drug-likeness (QED) is 0.775. The van der Waals surface area contributed by atoms with E-state index in [1.54, 1.807) is 6.26 Å². The topological polar surface area (TPSA) is 43.0 Å². The van der Waals surface area contributed by atoms with Gasteiger partial charge in [-0.3, -0.25) is 4.68 Å². The molecule has 6 heteroatoms. The monoisotopic (exact) mass is 373 g/mol. The summed E-state index contributed by atoms with van der Waals surface area (Å²) < 4.78 is 8.12. The van der Waals surface area contributed by atoms with Crippen LogP contribution in [0.1, 0.15) is 43.3 Å². The minimum atomic E-state index is 0.150. The summed E-state index contributed by atoms with van der Waals surface area (Å²) in [5, 5.41) is 8.81. The first-order valence-corrected chi connectivity index (χ1v) is 8.43. The zero-order valence-electron chi connectivity index (χ0n) is 12.6. The molecule has 0 saturated heterocycles. The van der Waals surface area contributed by atoms with E-state index in [9.17, 15) is 0 Å². The Labute approximate surface area is 139 Å². The molecule has 0 aliphatic rings. The average molecular weight is 375 g/mol. The highest BCUT2D eigenvalue weighted by Crippen LogP contribution is 2.30. The molecule has 0 spiro atoms. The van der Waals surface area contributed by atoms with E-state index < -0.39 is 0 Å².